The van der Waals surface area contributed by atoms with Crippen molar-refractivity contribution in [1.82, 2.24) is 0 Å². The first kappa shape index (κ1) is 17.6. The third-order valence-electron chi connectivity index (χ3n) is 3.04. The Bertz CT molecular complexity index is 253. The molecule has 0 fully saturated rings. The molecule has 0 heterocycles. The molecule has 0 amide bonds. The molecule has 0 aliphatic carbocycles. The minimum atomic E-state index is -1.83. The fourth-order valence-electron chi connectivity index (χ4n) is 2.17. The molecule has 0 radical (unpaired) electrons. The van der Waals surface area contributed by atoms with Crippen molar-refractivity contribution in [2.75, 3.05) is 0 Å². The van der Waals surface area contributed by atoms with E-state index in [1.807, 2.05) is 0 Å². The lowest BCUT2D eigenvalue weighted by molar-refractivity contribution is 0.134. The molecule has 17 heavy (non-hydrogen) atoms. The number of rotatable bonds is 6. The maximum Gasteiger partial charge on any atom is 0.204 e. The molecule has 2 nitrogen and oxygen atoms in total. The molecule has 0 N–H and O–H groups in total. The van der Waals surface area contributed by atoms with Gasteiger partial charge >= 0.3 is 0 Å². The Morgan fingerprint density at radius 1 is 0.824 bits per heavy atom. The van der Waals surface area contributed by atoms with Crippen LogP contribution in [0.25, 0.3) is 0 Å². The van der Waals surface area contributed by atoms with Gasteiger partial charge in [0.1, 0.15) is 0 Å². The van der Waals surface area contributed by atoms with Crippen LogP contribution in [0.15, 0.2) is 0 Å². The summed E-state index contributed by atoms with van der Waals surface area (Å²) in [4.78, 5) is 0. The van der Waals surface area contributed by atoms with Gasteiger partial charge in [-0.25, -0.2) is 0 Å². The second-order valence-corrected chi connectivity index (χ2v) is 21.1. The van der Waals surface area contributed by atoms with Crippen LogP contribution in [-0.2, 0) is 8.54 Å². The maximum atomic E-state index is 6.50. The molecule has 1 unspecified atom stereocenters. The van der Waals surface area contributed by atoms with Gasteiger partial charge in [-0.1, -0.05) is 6.92 Å². The van der Waals surface area contributed by atoms with E-state index in [2.05, 4.69) is 66.2 Å². The maximum absolute atomic E-state index is 6.50. The van der Waals surface area contributed by atoms with Crippen molar-refractivity contribution in [2.24, 2.45) is 0 Å². The molecule has 0 aromatic heterocycles. The molecule has 5 heteroatoms. The van der Waals surface area contributed by atoms with Gasteiger partial charge in [-0.05, 0) is 65.7 Å². The van der Waals surface area contributed by atoms with Gasteiger partial charge in [-0.15, -0.1) is 0 Å². The zero-order chi connectivity index (χ0) is 14.1. The van der Waals surface area contributed by atoms with Crippen molar-refractivity contribution >= 4 is 25.0 Å². The molecule has 0 spiro atoms. The first-order valence-electron chi connectivity index (χ1n) is 6.63. The smallest absolute Gasteiger partial charge is 0.204 e. The predicted molar refractivity (Wildman–Crippen MR) is 85.0 cm³/mol. The van der Waals surface area contributed by atoms with Gasteiger partial charge in [0.05, 0.1) is 5.22 Å². The van der Waals surface area contributed by atoms with Crippen LogP contribution in [0.3, 0.4) is 0 Å². The van der Waals surface area contributed by atoms with Crippen molar-refractivity contribution in [2.45, 2.75) is 77.9 Å². The van der Waals surface area contributed by atoms with Crippen LogP contribution in [-0.4, -0.2) is 30.2 Å². The predicted octanol–water partition coefficient (Wildman–Crippen LogP) is 4.60. The van der Waals surface area contributed by atoms with E-state index in [4.69, 9.17) is 8.54 Å². The Morgan fingerprint density at radius 3 is 1.47 bits per heavy atom. The van der Waals surface area contributed by atoms with Crippen molar-refractivity contribution in [3.8, 4) is 0 Å². The summed E-state index contributed by atoms with van der Waals surface area (Å²) < 4.78 is 13.0. The molecular formula is C12H32O2Si3. The molecule has 0 saturated carbocycles. The third kappa shape index (κ3) is 5.83. The highest BCUT2D eigenvalue weighted by Gasteiger charge is 2.48. The molecule has 0 aromatic rings. The largest absolute Gasteiger partial charge is 0.454 e. The summed E-state index contributed by atoms with van der Waals surface area (Å²) in [7, 11) is -4.85. The minimum Gasteiger partial charge on any atom is -0.454 e. The first-order chi connectivity index (χ1) is 7.22. The van der Waals surface area contributed by atoms with E-state index in [0.29, 0.717) is 0 Å². The second kappa shape index (κ2) is 5.29. The summed E-state index contributed by atoms with van der Waals surface area (Å²) >= 11 is 0. The van der Waals surface area contributed by atoms with E-state index < -0.39 is 25.0 Å². The first-order valence-corrected chi connectivity index (χ1v) is 16.4. The van der Waals surface area contributed by atoms with Gasteiger partial charge in [0.15, 0.2) is 16.6 Å². The third-order valence-corrected chi connectivity index (χ3v) is 11.8. The molecule has 0 aliphatic heterocycles. The number of hydrogen-bond acceptors (Lipinski definition) is 2. The van der Waals surface area contributed by atoms with E-state index in [9.17, 15) is 0 Å². The SMILES string of the molecule is CCC(C)(O[Si](C)(C)C)[Si](C)(C)O[Si](C)(C)C. The minimum absolute atomic E-state index is 0.0578. The lowest BCUT2D eigenvalue weighted by Gasteiger charge is -2.48. The van der Waals surface area contributed by atoms with E-state index >= 15 is 0 Å². The Labute approximate surface area is 111 Å². The van der Waals surface area contributed by atoms with Gasteiger partial charge in [-0.3, -0.25) is 0 Å². The van der Waals surface area contributed by atoms with Crippen molar-refractivity contribution in [1.29, 1.82) is 0 Å². The molecule has 1 atom stereocenters. The normalized spacial score (nSPS) is 18.0. The Morgan fingerprint density at radius 2 is 1.24 bits per heavy atom. The van der Waals surface area contributed by atoms with Crippen LogP contribution >= 0.6 is 0 Å². The molecule has 104 valence electrons. The standard InChI is InChI=1S/C12H32O2Si3/c1-11-12(2,13-15(3,4)5)17(9,10)14-16(6,7)8/h11H2,1-10H3. The summed E-state index contributed by atoms with van der Waals surface area (Å²) in [5.74, 6) is 0. The Hall–Kier alpha value is 0.571. The van der Waals surface area contributed by atoms with E-state index in [-0.39, 0.29) is 5.22 Å². The van der Waals surface area contributed by atoms with Gasteiger partial charge in [0.2, 0.25) is 8.32 Å². The molecule has 0 aliphatic rings. The van der Waals surface area contributed by atoms with Gasteiger partial charge in [-0.2, -0.15) is 0 Å². The lowest BCUT2D eigenvalue weighted by atomic mass is 10.3. The highest BCUT2D eigenvalue weighted by Crippen LogP contribution is 2.34. The van der Waals surface area contributed by atoms with Crippen LogP contribution in [0.4, 0.5) is 0 Å². The zero-order valence-electron chi connectivity index (χ0n) is 13.5. The van der Waals surface area contributed by atoms with Crippen LogP contribution in [0.5, 0.6) is 0 Å². The van der Waals surface area contributed by atoms with E-state index in [1.165, 1.54) is 0 Å². The number of hydrogen-bond donors (Lipinski definition) is 0. The summed E-state index contributed by atoms with van der Waals surface area (Å²) in [5, 5.41) is -0.0578. The highest BCUT2D eigenvalue weighted by atomic mass is 28.4. The van der Waals surface area contributed by atoms with Crippen molar-refractivity contribution < 1.29 is 8.54 Å². The fraction of sp³-hybridized carbons (Fsp3) is 1.00. The molecule has 0 rings (SSSR count). The lowest BCUT2D eigenvalue weighted by Crippen LogP contribution is -2.62. The fourth-order valence-corrected chi connectivity index (χ4v) is 13.4. The Kier molecular flexibility index (Phi) is 5.46. The van der Waals surface area contributed by atoms with Crippen molar-refractivity contribution in [3.05, 3.63) is 0 Å². The molecule has 0 aromatic carbocycles. The summed E-state index contributed by atoms with van der Waals surface area (Å²) in [5.41, 5.74) is 0. The van der Waals surface area contributed by atoms with Crippen LogP contribution in [0.2, 0.25) is 52.4 Å². The van der Waals surface area contributed by atoms with E-state index in [1.54, 1.807) is 0 Å². The van der Waals surface area contributed by atoms with Gasteiger partial charge in [0.25, 0.3) is 0 Å². The van der Waals surface area contributed by atoms with Crippen LogP contribution in [0, 0.1) is 0 Å². The summed E-state index contributed by atoms with van der Waals surface area (Å²) in [6.07, 6.45) is 1.04. The quantitative estimate of drug-likeness (QED) is 0.666. The topological polar surface area (TPSA) is 18.5 Å². The summed E-state index contributed by atoms with van der Waals surface area (Å²) in [6.45, 7) is 22.7. The average Bonchev–Trinajstić information content (AvgIpc) is 1.95. The molecule has 0 saturated heterocycles. The molecule has 0 bridgehead atoms. The second-order valence-electron chi connectivity index (χ2n) is 7.52. The zero-order valence-corrected chi connectivity index (χ0v) is 16.5. The average molecular weight is 293 g/mol. The van der Waals surface area contributed by atoms with Crippen molar-refractivity contribution in [3.63, 3.8) is 0 Å². The van der Waals surface area contributed by atoms with Gasteiger partial charge in [0, 0.05) is 0 Å². The van der Waals surface area contributed by atoms with Gasteiger partial charge < -0.3 is 8.54 Å². The van der Waals surface area contributed by atoms with Crippen LogP contribution in [0.1, 0.15) is 20.3 Å². The molecular weight excluding hydrogens is 260 g/mol. The van der Waals surface area contributed by atoms with E-state index in [0.717, 1.165) is 6.42 Å². The monoisotopic (exact) mass is 292 g/mol. The Balaban J connectivity index is 5.08. The van der Waals surface area contributed by atoms with Crippen LogP contribution < -0.4 is 0 Å². The summed E-state index contributed by atoms with van der Waals surface area (Å²) in [6, 6.07) is 0. The highest BCUT2D eigenvalue weighted by molar-refractivity contribution is 6.86.